The predicted molar refractivity (Wildman–Crippen MR) is 101 cm³/mol. The van der Waals surface area contributed by atoms with Crippen molar-refractivity contribution in [2.75, 3.05) is 5.32 Å². The Kier molecular flexibility index (Phi) is 4.04. The second-order valence-electron chi connectivity index (χ2n) is 6.62. The molecule has 0 unspecified atom stereocenters. The topological polar surface area (TPSA) is 78.3 Å². The molecule has 1 N–H and O–H groups in total. The Morgan fingerprint density at radius 2 is 1.89 bits per heavy atom. The van der Waals surface area contributed by atoms with E-state index in [2.05, 4.69) is 15.5 Å². The number of aryl methyl sites for hydroxylation is 1. The molecule has 8 heteroatoms. The van der Waals surface area contributed by atoms with E-state index in [4.69, 9.17) is 21.1 Å². The maximum absolute atomic E-state index is 12.6. The quantitative estimate of drug-likeness (QED) is 0.738. The molecule has 0 aliphatic carbocycles. The summed E-state index contributed by atoms with van der Waals surface area (Å²) in [5.41, 5.74) is 1.99. The summed E-state index contributed by atoms with van der Waals surface area (Å²) < 4.78 is 11.3. The van der Waals surface area contributed by atoms with E-state index < -0.39 is 5.79 Å². The van der Waals surface area contributed by atoms with Crippen LogP contribution < -0.4 is 14.8 Å². The van der Waals surface area contributed by atoms with Gasteiger partial charge in [-0.1, -0.05) is 17.7 Å². The molecule has 0 saturated heterocycles. The lowest BCUT2D eigenvalue weighted by Gasteiger charge is -2.16. The minimum atomic E-state index is -0.721. The largest absolute Gasteiger partial charge is 0.449 e. The number of carbonyl (C=O) groups excluding carboxylic acids is 1. The molecule has 138 valence electrons. The number of amides is 1. The molecule has 1 aromatic heterocycles. The Labute approximate surface area is 160 Å². The monoisotopic (exact) mass is 384 g/mol. The molecule has 2 heterocycles. The number of hydrogen-bond donors (Lipinski definition) is 1. The number of hydrogen-bond acceptors (Lipinski definition) is 5. The molecule has 2 aromatic carbocycles. The molecule has 4 rings (SSSR count). The molecule has 1 aliphatic heterocycles. The number of nitrogens with zero attached hydrogens (tertiary/aromatic N) is 3. The van der Waals surface area contributed by atoms with Crippen LogP contribution >= 0.6 is 11.6 Å². The Bertz CT molecular complexity index is 1050. The third-order valence-corrected chi connectivity index (χ3v) is 4.18. The zero-order valence-corrected chi connectivity index (χ0v) is 15.7. The lowest BCUT2D eigenvalue weighted by Crippen LogP contribution is -2.29. The molecular formula is C19H17ClN4O3. The Morgan fingerprint density at radius 1 is 1.11 bits per heavy atom. The van der Waals surface area contributed by atoms with Crippen LogP contribution in [0.2, 0.25) is 5.02 Å². The highest BCUT2D eigenvalue weighted by Gasteiger charge is 2.31. The fraction of sp³-hybridized carbons (Fsp3) is 0.211. The van der Waals surface area contributed by atoms with Crippen LogP contribution in [0.3, 0.4) is 0 Å². The number of fused-ring (bicyclic) bond motifs is 1. The lowest BCUT2D eigenvalue weighted by molar-refractivity contribution is -0.0431. The van der Waals surface area contributed by atoms with E-state index in [1.54, 1.807) is 43.3 Å². The molecular weight excluding hydrogens is 368 g/mol. The van der Waals surface area contributed by atoms with Gasteiger partial charge in [0.1, 0.15) is 0 Å². The van der Waals surface area contributed by atoms with Gasteiger partial charge in [-0.25, -0.2) is 0 Å². The zero-order valence-electron chi connectivity index (χ0n) is 15.0. The van der Waals surface area contributed by atoms with E-state index in [1.807, 2.05) is 19.9 Å². The molecule has 0 saturated carbocycles. The highest BCUT2D eigenvalue weighted by atomic mass is 35.5. The first-order valence-electron chi connectivity index (χ1n) is 8.34. The maximum atomic E-state index is 12.6. The highest BCUT2D eigenvalue weighted by Crippen LogP contribution is 2.40. The summed E-state index contributed by atoms with van der Waals surface area (Å²) in [5.74, 6) is 0.137. The van der Waals surface area contributed by atoms with Gasteiger partial charge in [0, 0.05) is 30.6 Å². The van der Waals surface area contributed by atoms with Crippen LogP contribution in [0.15, 0.2) is 42.5 Å². The Morgan fingerprint density at radius 3 is 2.67 bits per heavy atom. The van der Waals surface area contributed by atoms with Crippen molar-refractivity contribution in [3.63, 3.8) is 0 Å². The Hall–Kier alpha value is -3.06. The van der Waals surface area contributed by atoms with Crippen molar-refractivity contribution in [1.29, 1.82) is 0 Å². The number of anilines is 1. The van der Waals surface area contributed by atoms with E-state index in [-0.39, 0.29) is 11.6 Å². The van der Waals surface area contributed by atoms with E-state index >= 15 is 0 Å². The Balaban J connectivity index is 1.56. The fourth-order valence-electron chi connectivity index (χ4n) is 2.80. The van der Waals surface area contributed by atoms with Crippen molar-refractivity contribution < 1.29 is 14.3 Å². The van der Waals surface area contributed by atoms with Gasteiger partial charge in [-0.2, -0.15) is 9.90 Å². The maximum Gasteiger partial charge on any atom is 0.278 e. The summed E-state index contributed by atoms with van der Waals surface area (Å²) >= 11 is 6.01. The van der Waals surface area contributed by atoms with Crippen molar-refractivity contribution in [2.45, 2.75) is 26.6 Å². The SMILES string of the molecule is Cc1nn(-c2cccc(Cl)c2)nc1C(=O)Nc1ccc2c(c1)OC(C)(C)O2. The minimum Gasteiger partial charge on any atom is -0.449 e. The van der Waals surface area contributed by atoms with Gasteiger partial charge in [0.15, 0.2) is 17.2 Å². The number of halogens is 1. The van der Waals surface area contributed by atoms with Gasteiger partial charge in [0.2, 0.25) is 5.79 Å². The second kappa shape index (κ2) is 6.28. The van der Waals surface area contributed by atoms with E-state index in [0.29, 0.717) is 33.6 Å². The molecule has 0 bridgehead atoms. The van der Waals surface area contributed by atoms with Crippen molar-refractivity contribution >= 4 is 23.2 Å². The molecule has 1 amide bonds. The molecule has 7 nitrogen and oxygen atoms in total. The summed E-state index contributed by atoms with van der Waals surface area (Å²) in [6.07, 6.45) is 0. The van der Waals surface area contributed by atoms with Crippen LogP contribution in [0, 0.1) is 6.92 Å². The first-order valence-corrected chi connectivity index (χ1v) is 8.72. The lowest BCUT2D eigenvalue weighted by atomic mass is 10.2. The van der Waals surface area contributed by atoms with Gasteiger partial charge in [-0.3, -0.25) is 4.79 Å². The van der Waals surface area contributed by atoms with Crippen LogP contribution in [0.5, 0.6) is 11.5 Å². The van der Waals surface area contributed by atoms with Crippen LogP contribution in [0.4, 0.5) is 5.69 Å². The number of ether oxygens (including phenoxy) is 2. The first kappa shape index (κ1) is 17.4. The summed E-state index contributed by atoms with van der Waals surface area (Å²) in [5, 5.41) is 12.0. The van der Waals surface area contributed by atoms with Gasteiger partial charge in [0.05, 0.1) is 11.4 Å². The summed E-state index contributed by atoms with van der Waals surface area (Å²) in [7, 11) is 0. The summed E-state index contributed by atoms with van der Waals surface area (Å²) in [6, 6.07) is 12.3. The van der Waals surface area contributed by atoms with E-state index in [9.17, 15) is 4.79 Å². The van der Waals surface area contributed by atoms with Crippen molar-refractivity contribution in [2.24, 2.45) is 0 Å². The average Bonchev–Trinajstić information content (AvgIpc) is 3.12. The van der Waals surface area contributed by atoms with Crippen molar-refractivity contribution in [3.8, 4) is 17.2 Å². The summed E-state index contributed by atoms with van der Waals surface area (Å²) in [4.78, 5) is 14.0. The standard InChI is InChI=1S/C19H17ClN4O3/c1-11-17(23-24(22-11)14-6-4-5-12(20)9-14)18(25)21-13-7-8-15-16(10-13)27-19(2,3)26-15/h4-10H,1-3H3,(H,21,25). The van der Waals surface area contributed by atoms with Gasteiger partial charge in [-0.05, 0) is 37.3 Å². The molecule has 3 aromatic rings. The van der Waals surface area contributed by atoms with Gasteiger partial charge >= 0.3 is 0 Å². The number of carbonyl (C=O) groups is 1. The third-order valence-electron chi connectivity index (χ3n) is 3.95. The van der Waals surface area contributed by atoms with E-state index in [1.165, 1.54) is 4.80 Å². The molecule has 0 spiro atoms. The number of benzene rings is 2. The van der Waals surface area contributed by atoms with Crippen LogP contribution in [0.25, 0.3) is 5.69 Å². The summed E-state index contributed by atoms with van der Waals surface area (Å²) in [6.45, 7) is 5.37. The van der Waals surface area contributed by atoms with Crippen molar-refractivity contribution in [1.82, 2.24) is 15.0 Å². The molecule has 0 atom stereocenters. The van der Waals surface area contributed by atoms with Crippen LogP contribution in [-0.4, -0.2) is 26.7 Å². The van der Waals surface area contributed by atoms with Crippen molar-refractivity contribution in [3.05, 3.63) is 58.9 Å². The fourth-order valence-corrected chi connectivity index (χ4v) is 2.98. The zero-order chi connectivity index (χ0) is 19.2. The predicted octanol–water partition coefficient (Wildman–Crippen LogP) is 3.99. The molecule has 0 fully saturated rings. The minimum absolute atomic E-state index is 0.230. The third kappa shape index (κ3) is 3.46. The van der Waals surface area contributed by atoms with Gasteiger partial charge in [0.25, 0.3) is 5.91 Å². The number of aromatic nitrogens is 3. The number of nitrogens with one attached hydrogen (secondary N) is 1. The van der Waals surface area contributed by atoms with E-state index in [0.717, 1.165) is 0 Å². The highest BCUT2D eigenvalue weighted by molar-refractivity contribution is 6.30. The first-order chi connectivity index (χ1) is 12.8. The molecule has 27 heavy (non-hydrogen) atoms. The second-order valence-corrected chi connectivity index (χ2v) is 7.06. The molecule has 1 aliphatic rings. The van der Waals surface area contributed by atoms with Crippen LogP contribution in [0.1, 0.15) is 30.0 Å². The molecule has 0 radical (unpaired) electrons. The van der Waals surface area contributed by atoms with Gasteiger partial charge in [-0.15, -0.1) is 5.10 Å². The average molecular weight is 385 g/mol. The van der Waals surface area contributed by atoms with Crippen LogP contribution in [-0.2, 0) is 0 Å². The normalized spacial score (nSPS) is 14.2. The number of rotatable bonds is 3. The smallest absolute Gasteiger partial charge is 0.278 e. The van der Waals surface area contributed by atoms with Gasteiger partial charge < -0.3 is 14.8 Å².